The van der Waals surface area contributed by atoms with E-state index in [0.29, 0.717) is 5.92 Å². The van der Waals surface area contributed by atoms with Crippen molar-refractivity contribution >= 4 is 15.0 Å². The summed E-state index contributed by atoms with van der Waals surface area (Å²) in [6.45, 7) is 14.9. The van der Waals surface area contributed by atoms with Crippen molar-refractivity contribution in [2.45, 2.75) is 59.5 Å². The fourth-order valence-electron chi connectivity index (χ4n) is 2.25. The number of hydrogen-bond acceptors (Lipinski definition) is 1. The summed E-state index contributed by atoms with van der Waals surface area (Å²) >= 11 is 0. The van der Waals surface area contributed by atoms with Crippen LogP contribution in [0.2, 0.25) is 0 Å². The number of ketones is 1. The van der Waals surface area contributed by atoms with Gasteiger partial charge in [0.1, 0.15) is 0 Å². The van der Waals surface area contributed by atoms with E-state index in [1.165, 1.54) is 5.56 Å². The first kappa shape index (κ1) is 16.4. The summed E-state index contributed by atoms with van der Waals surface area (Å²) in [5.41, 5.74) is 4.52. The summed E-state index contributed by atoms with van der Waals surface area (Å²) in [5.74, 6) is 0.592. The second-order valence-electron chi connectivity index (χ2n) is 6.87. The molecule has 0 aliphatic heterocycles. The molecule has 2 atom stereocenters. The molecule has 106 valence electrons. The Morgan fingerprint density at radius 3 is 1.84 bits per heavy atom. The number of carbonyl (C=O) groups is 1. The van der Waals surface area contributed by atoms with Gasteiger partial charge < -0.3 is 0 Å². The third-order valence-corrected chi connectivity index (χ3v) is 4.74. The van der Waals surface area contributed by atoms with Gasteiger partial charge in [-0.15, -0.1) is 9.24 Å². The summed E-state index contributed by atoms with van der Waals surface area (Å²) < 4.78 is 0. The summed E-state index contributed by atoms with van der Waals surface area (Å²) in [5, 5.41) is 0. The van der Waals surface area contributed by atoms with Crippen molar-refractivity contribution in [2.75, 3.05) is 0 Å². The minimum Gasteiger partial charge on any atom is -0.293 e. The fraction of sp³-hybridized carbons (Fsp3) is 0.588. The van der Waals surface area contributed by atoms with Crippen molar-refractivity contribution in [2.24, 2.45) is 5.92 Å². The van der Waals surface area contributed by atoms with E-state index in [4.69, 9.17) is 0 Å². The summed E-state index contributed by atoms with van der Waals surface area (Å²) in [6.07, 6.45) is 0. The van der Waals surface area contributed by atoms with Gasteiger partial charge in [0.05, 0.1) is 0 Å². The standard InChI is InChI=1S/C17H27OP/c1-10(2)16(19)15(18)14-11(3)8-13(9-12(14)4)17(5,6)7/h8-10,16H,19H2,1-7H3. The first-order chi connectivity index (χ1) is 8.55. The minimum absolute atomic E-state index is 0.00196. The average molecular weight is 278 g/mol. The molecule has 1 aromatic carbocycles. The third-order valence-electron chi connectivity index (χ3n) is 3.67. The van der Waals surface area contributed by atoms with Gasteiger partial charge in [0.15, 0.2) is 5.78 Å². The van der Waals surface area contributed by atoms with E-state index in [2.05, 4.69) is 56.0 Å². The second kappa shape index (κ2) is 5.75. The van der Waals surface area contributed by atoms with Crippen LogP contribution in [0, 0.1) is 19.8 Å². The predicted octanol–water partition coefficient (Wildman–Crippen LogP) is 4.68. The molecule has 0 fully saturated rings. The van der Waals surface area contributed by atoms with Crippen molar-refractivity contribution in [1.29, 1.82) is 0 Å². The van der Waals surface area contributed by atoms with Crippen LogP contribution in [0.15, 0.2) is 12.1 Å². The van der Waals surface area contributed by atoms with Crippen LogP contribution in [0.1, 0.15) is 61.7 Å². The van der Waals surface area contributed by atoms with Crippen LogP contribution in [0.25, 0.3) is 0 Å². The number of benzene rings is 1. The number of hydrogen-bond donors (Lipinski definition) is 0. The van der Waals surface area contributed by atoms with Crippen LogP contribution in [0.4, 0.5) is 0 Å². The largest absolute Gasteiger partial charge is 0.293 e. The van der Waals surface area contributed by atoms with Crippen molar-refractivity contribution in [1.82, 2.24) is 0 Å². The number of Topliss-reactive ketones (excluding diaryl/α,β-unsaturated/α-hetero) is 1. The van der Waals surface area contributed by atoms with E-state index >= 15 is 0 Å². The Morgan fingerprint density at radius 2 is 1.53 bits per heavy atom. The fourth-order valence-corrected chi connectivity index (χ4v) is 2.42. The molecule has 0 saturated heterocycles. The highest BCUT2D eigenvalue weighted by Gasteiger charge is 2.24. The van der Waals surface area contributed by atoms with Gasteiger partial charge in [-0.25, -0.2) is 0 Å². The highest BCUT2D eigenvalue weighted by atomic mass is 31.0. The number of rotatable bonds is 3. The molecule has 0 amide bonds. The Hall–Kier alpha value is -0.680. The molecule has 0 spiro atoms. The van der Waals surface area contributed by atoms with Crippen LogP contribution in [-0.4, -0.2) is 11.4 Å². The molecule has 2 unspecified atom stereocenters. The molecule has 0 bridgehead atoms. The maximum Gasteiger partial charge on any atom is 0.170 e. The molecular formula is C17H27OP. The first-order valence-electron chi connectivity index (χ1n) is 6.97. The van der Waals surface area contributed by atoms with Crippen molar-refractivity contribution in [3.63, 3.8) is 0 Å². The summed E-state index contributed by atoms with van der Waals surface area (Å²) in [4.78, 5) is 12.6. The van der Waals surface area contributed by atoms with E-state index in [1.54, 1.807) is 0 Å². The lowest BCUT2D eigenvalue weighted by Crippen LogP contribution is -2.22. The van der Waals surface area contributed by atoms with Gasteiger partial charge in [0.25, 0.3) is 0 Å². The second-order valence-corrected chi connectivity index (χ2v) is 7.59. The minimum atomic E-state index is -0.00196. The van der Waals surface area contributed by atoms with Gasteiger partial charge in [-0.3, -0.25) is 4.79 Å². The van der Waals surface area contributed by atoms with Gasteiger partial charge >= 0.3 is 0 Å². The Labute approximate surface area is 120 Å². The highest BCUT2D eigenvalue weighted by molar-refractivity contribution is 7.19. The van der Waals surface area contributed by atoms with E-state index in [0.717, 1.165) is 16.7 Å². The van der Waals surface area contributed by atoms with Gasteiger partial charge in [0, 0.05) is 11.2 Å². The lowest BCUT2D eigenvalue weighted by Gasteiger charge is -2.23. The third kappa shape index (κ3) is 3.66. The van der Waals surface area contributed by atoms with Crippen LogP contribution in [0.3, 0.4) is 0 Å². The number of aryl methyl sites for hydroxylation is 2. The first-order valence-corrected chi connectivity index (χ1v) is 7.64. The van der Waals surface area contributed by atoms with Crippen molar-refractivity contribution < 1.29 is 4.79 Å². The van der Waals surface area contributed by atoms with E-state index < -0.39 is 0 Å². The van der Waals surface area contributed by atoms with Crippen LogP contribution in [-0.2, 0) is 5.41 Å². The smallest absolute Gasteiger partial charge is 0.170 e. The Morgan fingerprint density at radius 1 is 1.11 bits per heavy atom. The molecule has 2 heteroatoms. The predicted molar refractivity (Wildman–Crippen MR) is 87.3 cm³/mol. The average Bonchev–Trinajstić information content (AvgIpc) is 2.25. The molecular weight excluding hydrogens is 251 g/mol. The molecule has 0 N–H and O–H groups in total. The highest BCUT2D eigenvalue weighted by Crippen LogP contribution is 2.29. The molecule has 0 heterocycles. The lowest BCUT2D eigenvalue weighted by atomic mass is 9.82. The van der Waals surface area contributed by atoms with Gasteiger partial charge in [-0.1, -0.05) is 46.8 Å². The zero-order valence-corrected chi connectivity index (χ0v) is 14.4. The van der Waals surface area contributed by atoms with Gasteiger partial charge in [0.2, 0.25) is 0 Å². The molecule has 0 aromatic heterocycles. The Bertz CT molecular complexity index is 458. The van der Waals surface area contributed by atoms with E-state index in [-0.39, 0.29) is 16.9 Å². The monoisotopic (exact) mass is 278 g/mol. The molecule has 0 radical (unpaired) electrons. The maximum absolute atomic E-state index is 12.6. The lowest BCUT2D eigenvalue weighted by molar-refractivity contribution is 0.0974. The molecule has 1 rings (SSSR count). The summed E-state index contributed by atoms with van der Waals surface area (Å²) in [7, 11) is 2.69. The molecule has 0 saturated carbocycles. The Kier molecular flexibility index (Phi) is 4.96. The number of carbonyl (C=O) groups excluding carboxylic acids is 1. The van der Waals surface area contributed by atoms with Crippen LogP contribution >= 0.6 is 9.24 Å². The normalized spacial score (nSPS) is 13.7. The van der Waals surface area contributed by atoms with Gasteiger partial charge in [-0.2, -0.15) is 0 Å². The topological polar surface area (TPSA) is 17.1 Å². The van der Waals surface area contributed by atoms with E-state index in [9.17, 15) is 4.79 Å². The van der Waals surface area contributed by atoms with Crippen LogP contribution in [0.5, 0.6) is 0 Å². The zero-order valence-electron chi connectivity index (χ0n) is 13.3. The molecule has 0 aliphatic rings. The van der Waals surface area contributed by atoms with Crippen LogP contribution < -0.4 is 0 Å². The van der Waals surface area contributed by atoms with E-state index in [1.807, 2.05) is 13.8 Å². The SMILES string of the molecule is Cc1cc(C(C)(C)C)cc(C)c1C(=O)C(P)C(C)C. The summed E-state index contributed by atoms with van der Waals surface area (Å²) in [6, 6.07) is 4.33. The molecule has 1 nitrogen and oxygen atoms in total. The zero-order chi connectivity index (χ0) is 15.0. The van der Waals surface area contributed by atoms with Crippen molar-refractivity contribution in [3.8, 4) is 0 Å². The Balaban J connectivity index is 3.29. The molecule has 19 heavy (non-hydrogen) atoms. The van der Waals surface area contributed by atoms with Gasteiger partial charge in [-0.05, 0) is 41.9 Å². The maximum atomic E-state index is 12.6. The molecule has 1 aromatic rings. The van der Waals surface area contributed by atoms with Crippen molar-refractivity contribution in [3.05, 3.63) is 34.4 Å². The molecule has 0 aliphatic carbocycles. The quantitative estimate of drug-likeness (QED) is 0.579.